The van der Waals surface area contributed by atoms with E-state index in [1.807, 2.05) is 12.1 Å². The Morgan fingerprint density at radius 1 is 0.628 bits per heavy atom. The normalized spacial score (nSPS) is 13.4. The van der Waals surface area contributed by atoms with E-state index in [1.165, 1.54) is 33.4 Å². The second kappa shape index (κ2) is 11.1. The molecule has 0 saturated heterocycles. The monoisotopic (exact) mass is 572 g/mol. The van der Waals surface area contributed by atoms with Gasteiger partial charge >= 0.3 is 0 Å². The maximum absolute atomic E-state index is 15.7. The summed E-state index contributed by atoms with van der Waals surface area (Å²) in [6.45, 7) is 17.4. The van der Waals surface area contributed by atoms with Gasteiger partial charge in [0.05, 0.1) is 28.3 Å². The maximum atomic E-state index is 15.7. The van der Waals surface area contributed by atoms with Gasteiger partial charge in [0, 0.05) is 27.7 Å². The molecule has 8 bridgehead atoms. The first-order valence-electron chi connectivity index (χ1n) is 15.6. The number of H-pyrrole nitrogens is 2. The van der Waals surface area contributed by atoms with E-state index in [-0.39, 0.29) is 5.82 Å². The fourth-order valence-corrected chi connectivity index (χ4v) is 7.03. The molecule has 0 spiro atoms. The summed E-state index contributed by atoms with van der Waals surface area (Å²) in [7, 11) is 0. The molecule has 0 saturated carbocycles. The zero-order valence-corrected chi connectivity index (χ0v) is 26.6. The molecule has 220 valence electrons. The number of nitrogens with one attached hydrogen (secondary N) is 2. The summed E-state index contributed by atoms with van der Waals surface area (Å²) >= 11 is 0. The number of aromatic amines is 2. The summed E-state index contributed by atoms with van der Waals surface area (Å²) in [6, 6.07) is 13.6. The number of halogens is 1. The lowest BCUT2D eigenvalue weighted by Gasteiger charge is -2.11. The van der Waals surface area contributed by atoms with Crippen LogP contribution in [-0.2, 0) is 12.8 Å². The van der Waals surface area contributed by atoms with E-state index >= 15 is 4.39 Å². The molecule has 6 rings (SSSR count). The van der Waals surface area contributed by atoms with Crippen molar-refractivity contribution in [3.63, 3.8) is 0 Å². The number of hydrogen-bond acceptors (Lipinski definition) is 2. The summed E-state index contributed by atoms with van der Waals surface area (Å²) in [5.74, 6) is -0.251. The Bertz CT molecular complexity index is 2020. The van der Waals surface area contributed by atoms with E-state index in [1.54, 1.807) is 12.1 Å². The highest BCUT2D eigenvalue weighted by Crippen LogP contribution is 2.42. The molecule has 0 aliphatic carbocycles. The predicted molar refractivity (Wildman–Crippen MR) is 180 cm³/mol. The molecule has 0 unspecified atom stereocenters. The van der Waals surface area contributed by atoms with Gasteiger partial charge in [-0.15, -0.1) is 0 Å². The highest BCUT2D eigenvalue weighted by Gasteiger charge is 2.25. The van der Waals surface area contributed by atoms with Crippen molar-refractivity contribution in [2.75, 3.05) is 0 Å². The van der Waals surface area contributed by atoms with Crippen molar-refractivity contribution >= 4 is 44.4 Å². The minimum absolute atomic E-state index is 0.251. The molecule has 4 aromatic rings. The molecule has 0 atom stereocenters. The van der Waals surface area contributed by atoms with Crippen LogP contribution in [0.4, 0.5) is 4.39 Å². The maximum Gasteiger partial charge on any atom is 0.131 e. The first-order chi connectivity index (χ1) is 20.7. The summed E-state index contributed by atoms with van der Waals surface area (Å²) in [4.78, 5) is 18.0. The first kappa shape index (κ1) is 28.9. The highest BCUT2D eigenvalue weighted by atomic mass is 19.1. The molecule has 2 aliphatic heterocycles. The van der Waals surface area contributed by atoms with Crippen molar-refractivity contribution in [2.24, 2.45) is 0 Å². The van der Waals surface area contributed by atoms with E-state index < -0.39 is 0 Å². The van der Waals surface area contributed by atoms with Crippen molar-refractivity contribution in [3.8, 4) is 11.1 Å². The average molecular weight is 573 g/mol. The number of rotatable bonds is 5. The van der Waals surface area contributed by atoms with Crippen LogP contribution in [0.15, 0.2) is 42.5 Å². The lowest BCUT2D eigenvalue weighted by atomic mass is 9.94. The third-order valence-corrected chi connectivity index (χ3v) is 9.50. The number of allylic oxidation sites excluding steroid dienone is 4. The van der Waals surface area contributed by atoms with Gasteiger partial charge in [0.1, 0.15) is 5.82 Å². The van der Waals surface area contributed by atoms with Crippen molar-refractivity contribution in [1.29, 1.82) is 0 Å². The van der Waals surface area contributed by atoms with Gasteiger partial charge in [-0.25, -0.2) is 14.4 Å². The van der Waals surface area contributed by atoms with E-state index in [4.69, 9.17) is 9.97 Å². The third kappa shape index (κ3) is 4.57. The second-order valence-corrected chi connectivity index (χ2v) is 11.7. The highest BCUT2D eigenvalue weighted by molar-refractivity contribution is 6.01. The van der Waals surface area contributed by atoms with Crippen LogP contribution < -0.4 is 0 Å². The summed E-state index contributed by atoms with van der Waals surface area (Å²) in [5, 5.41) is 0. The molecule has 0 fully saturated rings. The molecular weight excluding hydrogens is 531 g/mol. The Labute approximate surface area is 253 Å². The molecule has 2 aliphatic rings. The Balaban J connectivity index is 1.91. The van der Waals surface area contributed by atoms with E-state index in [0.717, 1.165) is 87.2 Å². The molecule has 3 aromatic heterocycles. The van der Waals surface area contributed by atoms with Gasteiger partial charge in [-0.3, -0.25) is 0 Å². The van der Waals surface area contributed by atoms with Gasteiger partial charge in [-0.05, 0) is 122 Å². The van der Waals surface area contributed by atoms with Gasteiger partial charge in [-0.2, -0.15) is 0 Å². The molecule has 4 nitrogen and oxygen atoms in total. The smallest absolute Gasteiger partial charge is 0.131 e. The molecular formula is C38H41FN4. The van der Waals surface area contributed by atoms with Crippen LogP contribution in [0.5, 0.6) is 0 Å². The topological polar surface area (TPSA) is 57.4 Å². The Morgan fingerprint density at radius 3 is 1.93 bits per heavy atom. The van der Waals surface area contributed by atoms with Crippen molar-refractivity contribution in [2.45, 2.75) is 81.1 Å². The number of fused-ring (bicyclic) bond motifs is 8. The van der Waals surface area contributed by atoms with Crippen LogP contribution in [-0.4, -0.2) is 19.9 Å². The van der Waals surface area contributed by atoms with Gasteiger partial charge in [0.15, 0.2) is 0 Å². The molecule has 43 heavy (non-hydrogen) atoms. The summed E-state index contributed by atoms with van der Waals surface area (Å²) in [6.07, 6.45) is 3.41. The minimum atomic E-state index is -0.251. The minimum Gasteiger partial charge on any atom is -0.355 e. The van der Waals surface area contributed by atoms with Crippen LogP contribution in [0.1, 0.15) is 99.4 Å². The molecule has 1 aromatic carbocycles. The molecule has 2 N–H and O–H groups in total. The number of nitrogens with zero attached hydrogens (tertiary/aromatic N) is 2. The lowest BCUT2D eigenvalue weighted by Crippen LogP contribution is -1.94. The predicted octanol–water partition coefficient (Wildman–Crippen LogP) is 10.5. The van der Waals surface area contributed by atoms with Crippen LogP contribution in [0, 0.1) is 19.7 Å². The van der Waals surface area contributed by atoms with E-state index in [9.17, 15) is 0 Å². The summed E-state index contributed by atoms with van der Waals surface area (Å²) < 4.78 is 15.7. The second-order valence-electron chi connectivity index (χ2n) is 11.7. The Kier molecular flexibility index (Phi) is 7.45. The van der Waals surface area contributed by atoms with Crippen LogP contribution in [0.3, 0.4) is 0 Å². The van der Waals surface area contributed by atoms with Gasteiger partial charge in [0.2, 0.25) is 0 Å². The van der Waals surface area contributed by atoms with Crippen molar-refractivity contribution < 1.29 is 4.39 Å². The molecule has 0 amide bonds. The fraction of sp³-hybridized carbons (Fsp3) is 0.316. The molecule has 0 radical (unpaired) electrons. The van der Waals surface area contributed by atoms with Crippen LogP contribution >= 0.6 is 0 Å². The van der Waals surface area contributed by atoms with Gasteiger partial charge < -0.3 is 9.97 Å². The summed E-state index contributed by atoms with van der Waals surface area (Å²) in [5.41, 5.74) is 18.8. The average Bonchev–Trinajstić information content (AvgIpc) is 3.67. The lowest BCUT2D eigenvalue weighted by molar-refractivity contribution is 0.631. The van der Waals surface area contributed by atoms with Crippen LogP contribution in [0.25, 0.3) is 55.5 Å². The first-order valence-corrected chi connectivity index (χ1v) is 15.6. The molecule has 5 heteroatoms. The number of hydrogen-bond donors (Lipinski definition) is 2. The number of aryl methyl sites for hydroxylation is 4. The molecule has 5 heterocycles. The van der Waals surface area contributed by atoms with Gasteiger partial charge in [0.25, 0.3) is 0 Å². The van der Waals surface area contributed by atoms with Crippen LogP contribution in [0.2, 0.25) is 0 Å². The zero-order chi connectivity index (χ0) is 30.6. The van der Waals surface area contributed by atoms with Gasteiger partial charge in [-0.1, -0.05) is 45.9 Å². The largest absolute Gasteiger partial charge is 0.355 e. The van der Waals surface area contributed by atoms with Crippen molar-refractivity contribution in [1.82, 2.24) is 19.9 Å². The number of aromatic nitrogens is 4. The standard InChI is InChI=1S/C38H41FN4/c1-9-24-20(5)30-17-32-22(7)26(11-3)37(42-32)36(28-15-13-14-16-29(28)39)38-27(12-4)23(8)33(43-38)18-31-21(6)25(10-2)35(41-31)19-34(24)40-30/h13-19,40,42H,9-12H2,1-8H3. The third-order valence-electron chi connectivity index (χ3n) is 9.50. The van der Waals surface area contributed by atoms with E-state index in [2.05, 4.69) is 83.6 Å². The quantitative estimate of drug-likeness (QED) is 0.250. The SMILES string of the molecule is CCC1=C(C)c2cc3nc(c(-c4ccccc4F)c4[nH]c(cc5[nH]c(cc1n2)c(CC)c5C)c(C)c4CC)C(CC)=C3C. The fourth-order valence-electron chi connectivity index (χ4n) is 7.03. The number of benzene rings is 1. The van der Waals surface area contributed by atoms with E-state index in [0.29, 0.717) is 5.56 Å². The Morgan fingerprint density at radius 2 is 1.26 bits per heavy atom. The van der Waals surface area contributed by atoms with Crippen molar-refractivity contribution in [3.05, 3.63) is 93.3 Å². The Hall–Kier alpha value is -4.25. The zero-order valence-electron chi connectivity index (χ0n) is 26.6.